The van der Waals surface area contributed by atoms with E-state index in [4.69, 9.17) is 5.11 Å². The third-order valence-electron chi connectivity index (χ3n) is 1.42. The van der Waals surface area contributed by atoms with Crippen LogP contribution in [0.25, 0.3) is 0 Å². The molecule has 0 saturated heterocycles. The van der Waals surface area contributed by atoms with E-state index < -0.39 is 0 Å². The van der Waals surface area contributed by atoms with Crippen LogP contribution >= 0.6 is 15.9 Å². The lowest BCUT2D eigenvalue weighted by atomic mass is 10.1. The molecule has 0 heterocycles. The standard InChI is InChI=1S/C8H8BrFO/c1-5-2-6(4-11)8(10)7(9)3-5/h2-3,11H,4H2,1H3/i10+0. The maximum atomic E-state index is 13.0. The van der Waals surface area contributed by atoms with Gasteiger partial charge >= 0.3 is 0 Å². The van der Waals surface area contributed by atoms with Gasteiger partial charge in [-0.15, -0.1) is 0 Å². The van der Waals surface area contributed by atoms with Crippen LogP contribution in [0.2, 0.25) is 0 Å². The maximum Gasteiger partial charge on any atom is 0.142 e. The van der Waals surface area contributed by atoms with Crippen molar-refractivity contribution in [3.05, 3.63) is 33.5 Å². The lowest BCUT2D eigenvalue weighted by Crippen LogP contribution is -1.91. The minimum atomic E-state index is -0.377. The highest BCUT2D eigenvalue weighted by Gasteiger charge is 2.05. The molecule has 0 aromatic heterocycles. The summed E-state index contributed by atoms with van der Waals surface area (Å²) >= 11 is 3.05. The fraction of sp³-hybridized carbons (Fsp3) is 0.250. The van der Waals surface area contributed by atoms with Gasteiger partial charge in [-0.2, -0.15) is 0 Å². The molecule has 0 fully saturated rings. The quantitative estimate of drug-likeness (QED) is 0.768. The molecule has 0 aliphatic heterocycles. The van der Waals surface area contributed by atoms with Crippen LogP contribution in [0.3, 0.4) is 0 Å². The molecule has 0 amide bonds. The molecular weight excluding hydrogens is 211 g/mol. The summed E-state index contributed by atoms with van der Waals surface area (Å²) < 4.78 is 13.4. The molecule has 0 unspecified atom stereocenters. The van der Waals surface area contributed by atoms with Gasteiger partial charge in [0.05, 0.1) is 11.1 Å². The van der Waals surface area contributed by atoms with Gasteiger partial charge in [-0.05, 0) is 34.5 Å². The smallest absolute Gasteiger partial charge is 0.142 e. The predicted molar refractivity (Wildman–Crippen MR) is 44.8 cm³/mol. The van der Waals surface area contributed by atoms with E-state index in [9.17, 15) is 4.39 Å². The highest BCUT2D eigenvalue weighted by Crippen LogP contribution is 2.20. The Labute approximate surface area is 73.0 Å². The number of rotatable bonds is 1. The van der Waals surface area contributed by atoms with Crippen LogP contribution in [0.1, 0.15) is 11.1 Å². The Balaban J connectivity index is 3.24. The zero-order chi connectivity index (χ0) is 8.43. The summed E-state index contributed by atoms with van der Waals surface area (Å²) in [6.45, 7) is 1.59. The molecule has 0 aliphatic rings. The average Bonchev–Trinajstić information content (AvgIpc) is 1.96. The number of aliphatic hydroxyl groups is 1. The molecule has 1 rings (SSSR count). The van der Waals surface area contributed by atoms with Crippen LogP contribution in [-0.2, 0) is 6.61 Å². The summed E-state index contributed by atoms with van der Waals surface area (Å²) in [5, 5.41) is 8.71. The minimum Gasteiger partial charge on any atom is -0.392 e. The largest absolute Gasteiger partial charge is 0.392 e. The zero-order valence-electron chi connectivity index (χ0n) is 6.06. The third-order valence-corrected chi connectivity index (χ3v) is 2.00. The highest BCUT2D eigenvalue weighted by atomic mass is 79.9. The fourth-order valence-electron chi connectivity index (χ4n) is 0.912. The molecule has 1 nitrogen and oxygen atoms in total. The van der Waals surface area contributed by atoms with Crippen molar-refractivity contribution in [3.63, 3.8) is 0 Å². The molecule has 0 bridgehead atoms. The fourth-order valence-corrected chi connectivity index (χ4v) is 1.53. The van der Waals surface area contributed by atoms with Gasteiger partial charge in [0.25, 0.3) is 0 Å². The molecule has 0 atom stereocenters. The molecule has 0 radical (unpaired) electrons. The van der Waals surface area contributed by atoms with Crippen LogP contribution in [-0.4, -0.2) is 5.11 Å². The summed E-state index contributed by atoms with van der Waals surface area (Å²) in [6, 6.07) is 3.30. The number of aliphatic hydroxyl groups excluding tert-OH is 1. The molecule has 1 N–H and O–H groups in total. The number of benzene rings is 1. The van der Waals surface area contributed by atoms with Crippen LogP contribution in [0.5, 0.6) is 0 Å². The van der Waals surface area contributed by atoms with Gasteiger partial charge < -0.3 is 5.11 Å². The minimum absolute atomic E-state index is 0.258. The summed E-state index contributed by atoms with van der Waals surface area (Å²) in [5.41, 5.74) is 1.26. The molecule has 0 spiro atoms. The van der Waals surface area contributed by atoms with E-state index in [1.807, 2.05) is 6.92 Å². The molecule has 3 heteroatoms. The second-order valence-electron chi connectivity index (χ2n) is 2.38. The van der Waals surface area contributed by atoms with Gasteiger partial charge in [0.2, 0.25) is 0 Å². The van der Waals surface area contributed by atoms with Crippen molar-refractivity contribution in [2.45, 2.75) is 13.5 Å². The third kappa shape index (κ3) is 1.79. The Morgan fingerprint density at radius 1 is 1.55 bits per heavy atom. The molecule has 0 saturated carbocycles. The first-order chi connectivity index (χ1) is 5.15. The molecule has 1 aromatic carbocycles. The van der Waals surface area contributed by atoms with Crippen LogP contribution < -0.4 is 0 Å². The Morgan fingerprint density at radius 2 is 2.18 bits per heavy atom. The van der Waals surface area contributed by atoms with Crippen LogP contribution in [0.15, 0.2) is 16.6 Å². The number of halogens is 2. The first-order valence-electron chi connectivity index (χ1n) is 3.20. The normalized spacial score (nSPS) is 10.2. The summed E-state index contributed by atoms with van der Waals surface area (Å²) in [7, 11) is 0. The molecule has 1 aromatic rings. The second kappa shape index (κ2) is 3.32. The Morgan fingerprint density at radius 3 is 2.73 bits per heavy atom. The van der Waals surface area contributed by atoms with E-state index in [1.54, 1.807) is 12.1 Å². The highest BCUT2D eigenvalue weighted by molar-refractivity contribution is 9.10. The number of aryl methyl sites for hydroxylation is 1. The zero-order valence-corrected chi connectivity index (χ0v) is 7.65. The summed E-state index contributed by atoms with van der Waals surface area (Å²) in [5.74, 6) is -0.377. The van der Waals surface area contributed by atoms with Crippen LogP contribution in [0.4, 0.5) is 4.39 Å². The van der Waals surface area contributed by atoms with Crippen molar-refractivity contribution in [1.29, 1.82) is 0 Å². The van der Waals surface area contributed by atoms with E-state index in [2.05, 4.69) is 15.9 Å². The van der Waals surface area contributed by atoms with Crippen LogP contribution in [0, 0.1) is 12.7 Å². The van der Waals surface area contributed by atoms with Gasteiger partial charge in [0, 0.05) is 5.56 Å². The van der Waals surface area contributed by atoms with Crippen molar-refractivity contribution in [2.24, 2.45) is 0 Å². The molecular formula is C8H8BrFO. The van der Waals surface area contributed by atoms with Gasteiger partial charge in [-0.1, -0.05) is 6.07 Å². The van der Waals surface area contributed by atoms with Gasteiger partial charge in [0.1, 0.15) is 5.82 Å². The van der Waals surface area contributed by atoms with E-state index in [0.29, 0.717) is 10.0 Å². The summed E-state index contributed by atoms with van der Waals surface area (Å²) in [4.78, 5) is 0. The van der Waals surface area contributed by atoms with E-state index in [1.165, 1.54) is 0 Å². The van der Waals surface area contributed by atoms with E-state index in [-0.39, 0.29) is 12.4 Å². The Hall–Kier alpha value is -0.410. The van der Waals surface area contributed by atoms with Crippen molar-refractivity contribution < 1.29 is 9.50 Å². The average molecular weight is 219 g/mol. The first-order valence-corrected chi connectivity index (χ1v) is 4.00. The second-order valence-corrected chi connectivity index (χ2v) is 3.23. The van der Waals surface area contributed by atoms with Crippen molar-refractivity contribution >= 4 is 15.9 Å². The van der Waals surface area contributed by atoms with Crippen molar-refractivity contribution in [1.82, 2.24) is 0 Å². The predicted octanol–water partition coefficient (Wildman–Crippen LogP) is 2.39. The lowest BCUT2D eigenvalue weighted by molar-refractivity contribution is 0.275. The molecule has 11 heavy (non-hydrogen) atoms. The molecule has 0 aliphatic carbocycles. The van der Waals surface area contributed by atoms with Gasteiger partial charge in [-0.3, -0.25) is 0 Å². The van der Waals surface area contributed by atoms with Gasteiger partial charge in [0.15, 0.2) is 0 Å². The van der Waals surface area contributed by atoms with Gasteiger partial charge in [-0.25, -0.2) is 4.39 Å². The molecule has 60 valence electrons. The van der Waals surface area contributed by atoms with E-state index >= 15 is 0 Å². The lowest BCUT2D eigenvalue weighted by Gasteiger charge is -2.02. The summed E-state index contributed by atoms with van der Waals surface area (Å²) in [6.07, 6.45) is 0. The Kier molecular flexibility index (Phi) is 2.62. The van der Waals surface area contributed by atoms with E-state index in [0.717, 1.165) is 5.56 Å². The topological polar surface area (TPSA) is 20.2 Å². The SMILES string of the molecule is Cc1cc(Br)c([19F])c(CO)c1. The monoisotopic (exact) mass is 218 g/mol. The first kappa shape index (κ1) is 8.68. The number of hydrogen-bond acceptors (Lipinski definition) is 1. The van der Waals surface area contributed by atoms with Crippen molar-refractivity contribution in [3.8, 4) is 0 Å². The maximum absolute atomic E-state index is 13.0. The Bertz CT molecular complexity index is 273. The van der Waals surface area contributed by atoms with Crippen molar-refractivity contribution in [2.75, 3.05) is 0 Å². The number of hydrogen-bond donors (Lipinski definition) is 1.